The largest absolute Gasteiger partial charge is 0.424 e. The second-order valence-corrected chi connectivity index (χ2v) is 5.97. The molecule has 0 amide bonds. The van der Waals surface area contributed by atoms with E-state index in [2.05, 4.69) is 20.0 Å². The molecule has 0 aliphatic carbocycles. The van der Waals surface area contributed by atoms with E-state index < -0.39 is 11.7 Å². The summed E-state index contributed by atoms with van der Waals surface area (Å²) in [5.74, 6) is 1.15. The first kappa shape index (κ1) is 16.9. The Hall–Kier alpha value is -1.93. The van der Waals surface area contributed by atoms with Crippen LogP contribution in [0.4, 0.5) is 13.2 Å². The normalized spacial score (nSPS) is 17.3. The molecule has 2 aromatic rings. The number of nitrogens with zero attached hydrogens (tertiary/aromatic N) is 4. The maximum Gasteiger partial charge on any atom is 0.416 e. The van der Waals surface area contributed by atoms with Crippen LogP contribution in [-0.4, -0.2) is 46.2 Å². The van der Waals surface area contributed by atoms with Crippen molar-refractivity contribution in [1.82, 2.24) is 20.0 Å². The summed E-state index contributed by atoms with van der Waals surface area (Å²) in [6.45, 7) is 6.12. The van der Waals surface area contributed by atoms with Crippen LogP contribution < -0.4 is 0 Å². The fraction of sp³-hybridized carbons (Fsp3) is 0.500. The number of benzene rings is 1. The lowest BCUT2D eigenvalue weighted by Gasteiger charge is -2.34. The maximum absolute atomic E-state index is 12.8. The molecule has 130 valence electrons. The maximum atomic E-state index is 12.8. The molecule has 0 radical (unpaired) electrons. The third kappa shape index (κ3) is 4.33. The van der Waals surface area contributed by atoms with Gasteiger partial charge in [-0.25, -0.2) is 0 Å². The molecule has 8 heteroatoms. The Bertz CT molecular complexity index is 678. The van der Waals surface area contributed by atoms with Gasteiger partial charge < -0.3 is 4.42 Å². The van der Waals surface area contributed by atoms with Crippen molar-refractivity contribution in [3.63, 3.8) is 0 Å². The summed E-state index contributed by atoms with van der Waals surface area (Å²) < 4.78 is 43.7. The number of hydrogen-bond acceptors (Lipinski definition) is 5. The second kappa shape index (κ2) is 6.90. The van der Waals surface area contributed by atoms with Gasteiger partial charge >= 0.3 is 6.18 Å². The van der Waals surface area contributed by atoms with Crippen LogP contribution in [-0.2, 0) is 19.3 Å². The molecule has 0 atom stereocenters. The molecule has 0 unspecified atom stereocenters. The van der Waals surface area contributed by atoms with E-state index in [1.165, 1.54) is 12.1 Å². The monoisotopic (exact) mass is 340 g/mol. The highest BCUT2D eigenvalue weighted by atomic mass is 19.4. The minimum Gasteiger partial charge on any atom is -0.424 e. The molecule has 3 rings (SSSR count). The van der Waals surface area contributed by atoms with Crippen LogP contribution in [0.2, 0.25) is 0 Å². The quantitative estimate of drug-likeness (QED) is 0.856. The molecule has 1 fully saturated rings. The predicted octanol–water partition coefficient (Wildman–Crippen LogP) is 2.71. The number of aromatic nitrogens is 2. The van der Waals surface area contributed by atoms with E-state index in [9.17, 15) is 13.2 Å². The standard InChI is InChI=1S/C16H19F3N4O/c1-12-20-21-15(24-12)11-23-7-5-22(6-8-23)10-13-3-2-4-14(9-13)16(17,18)19/h2-4,9H,5-8,10-11H2,1H3. The average molecular weight is 340 g/mol. The average Bonchev–Trinajstić information content (AvgIpc) is 2.94. The summed E-state index contributed by atoms with van der Waals surface area (Å²) in [6, 6.07) is 5.54. The van der Waals surface area contributed by atoms with E-state index in [-0.39, 0.29) is 0 Å². The molecule has 1 aromatic heterocycles. The topological polar surface area (TPSA) is 45.4 Å². The number of alkyl halides is 3. The van der Waals surface area contributed by atoms with Gasteiger partial charge in [0.1, 0.15) is 0 Å². The summed E-state index contributed by atoms with van der Waals surface area (Å²) in [7, 11) is 0. The van der Waals surface area contributed by atoms with E-state index in [1.54, 1.807) is 13.0 Å². The fourth-order valence-electron chi connectivity index (χ4n) is 2.80. The number of rotatable bonds is 4. The smallest absolute Gasteiger partial charge is 0.416 e. The first-order valence-electron chi connectivity index (χ1n) is 7.80. The van der Waals surface area contributed by atoms with Gasteiger partial charge in [-0.15, -0.1) is 10.2 Å². The van der Waals surface area contributed by atoms with Gasteiger partial charge in [0.15, 0.2) is 0 Å². The fourth-order valence-corrected chi connectivity index (χ4v) is 2.80. The minimum atomic E-state index is -4.29. The molecule has 1 saturated heterocycles. The lowest BCUT2D eigenvalue weighted by atomic mass is 10.1. The van der Waals surface area contributed by atoms with Gasteiger partial charge in [0, 0.05) is 39.6 Å². The van der Waals surface area contributed by atoms with Gasteiger partial charge in [0.2, 0.25) is 11.8 Å². The molecule has 0 bridgehead atoms. The van der Waals surface area contributed by atoms with E-state index in [0.717, 1.165) is 32.2 Å². The summed E-state index contributed by atoms with van der Waals surface area (Å²) in [5, 5.41) is 7.79. The zero-order valence-electron chi connectivity index (χ0n) is 13.4. The molecule has 0 spiro atoms. The van der Waals surface area contributed by atoms with Crippen LogP contribution in [0.1, 0.15) is 22.9 Å². The Morgan fingerprint density at radius 1 is 1.04 bits per heavy atom. The molecule has 0 saturated carbocycles. The number of hydrogen-bond donors (Lipinski definition) is 0. The van der Waals surface area contributed by atoms with Crippen molar-refractivity contribution in [1.29, 1.82) is 0 Å². The first-order valence-corrected chi connectivity index (χ1v) is 7.80. The Balaban J connectivity index is 1.52. The molecule has 1 aliphatic heterocycles. The first-order chi connectivity index (χ1) is 11.4. The zero-order chi connectivity index (χ0) is 17.2. The minimum absolute atomic E-state index is 0.525. The Labute approximate surface area is 138 Å². The zero-order valence-corrected chi connectivity index (χ0v) is 13.4. The summed E-state index contributed by atoms with van der Waals surface area (Å²) in [5.41, 5.74) is 0.0937. The lowest BCUT2D eigenvalue weighted by molar-refractivity contribution is -0.137. The number of halogens is 3. The van der Waals surface area contributed by atoms with Crippen LogP contribution >= 0.6 is 0 Å². The van der Waals surface area contributed by atoms with Gasteiger partial charge in [-0.3, -0.25) is 9.80 Å². The van der Waals surface area contributed by atoms with Gasteiger partial charge in [-0.1, -0.05) is 18.2 Å². The van der Waals surface area contributed by atoms with Crippen molar-refractivity contribution >= 4 is 0 Å². The molecule has 24 heavy (non-hydrogen) atoms. The molecule has 2 heterocycles. The van der Waals surface area contributed by atoms with Crippen molar-refractivity contribution < 1.29 is 17.6 Å². The highest BCUT2D eigenvalue weighted by Crippen LogP contribution is 2.29. The van der Waals surface area contributed by atoms with E-state index >= 15 is 0 Å². The Kier molecular flexibility index (Phi) is 4.86. The van der Waals surface area contributed by atoms with E-state index in [0.29, 0.717) is 30.4 Å². The van der Waals surface area contributed by atoms with E-state index in [1.807, 2.05) is 0 Å². The van der Waals surface area contributed by atoms with Crippen LogP contribution in [0.3, 0.4) is 0 Å². The summed E-state index contributed by atoms with van der Waals surface area (Å²) >= 11 is 0. The third-order valence-corrected chi connectivity index (χ3v) is 4.05. The number of aryl methyl sites for hydroxylation is 1. The van der Waals surface area contributed by atoms with Crippen molar-refractivity contribution in [3.05, 3.63) is 47.2 Å². The van der Waals surface area contributed by atoms with Crippen molar-refractivity contribution in [2.24, 2.45) is 0 Å². The molecule has 5 nitrogen and oxygen atoms in total. The SMILES string of the molecule is Cc1nnc(CN2CCN(Cc3cccc(C(F)(F)F)c3)CC2)o1. The van der Waals surface area contributed by atoms with Crippen LogP contribution in [0.5, 0.6) is 0 Å². The number of piperazine rings is 1. The molecular weight excluding hydrogens is 321 g/mol. The summed E-state index contributed by atoms with van der Waals surface area (Å²) in [6.07, 6.45) is -4.29. The molecule has 1 aliphatic rings. The van der Waals surface area contributed by atoms with Gasteiger partial charge in [0.05, 0.1) is 12.1 Å². The van der Waals surface area contributed by atoms with Gasteiger partial charge in [-0.05, 0) is 11.6 Å². The Morgan fingerprint density at radius 3 is 2.29 bits per heavy atom. The Morgan fingerprint density at radius 2 is 1.71 bits per heavy atom. The summed E-state index contributed by atoms with van der Waals surface area (Å²) in [4.78, 5) is 4.36. The highest BCUT2D eigenvalue weighted by molar-refractivity contribution is 5.25. The van der Waals surface area contributed by atoms with Crippen molar-refractivity contribution in [2.75, 3.05) is 26.2 Å². The van der Waals surface area contributed by atoms with Crippen LogP contribution in [0, 0.1) is 6.92 Å². The third-order valence-electron chi connectivity index (χ3n) is 4.05. The van der Waals surface area contributed by atoms with Crippen molar-refractivity contribution in [2.45, 2.75) is 26.2 Å². The van der Waals surface area contributed by atoms with E-state index in [4.69, 9.17) is 4.42 Å². The van der Waals surface area contributed by atoms with Gasteiger partial charge in [-0.2, -0.15) is 13.2 Å². The molecule has 1 aromatic carbocycles. The predicted molar refractivity (Wildman–Crippen MR) is 81.0 cm³/mol. The molecule has 0 N–H and O–H groups in total. The van der Waals surface area contributed by atoms with Gasteiger partial charge in [0.25, 0.3) is 0 Å². The van der Waals surface area contributed by atoms with Crippen LogP contribution in [0.25, 0.3) is 0 Å². The lowest BCUT2D eigenvalue weighted by Crippen LogP contribution is -2.45. The highest BCUT2D eigenvalue weighted by Gasteiger charge is 2.30. The van der Waals surface area contributed by atoms with Crippen LogP contribution in [0.15, 0.2) is 28.7 Å². The molecular formula is C16H19F3N4O. The second-order valence-electron chi connectivity index (χ2n) is 5.97. The van der Waals surface area contributed by atoms with Crippen molar-refractivity contribution in [3.8, 4) is 0 Å².